The van der Waals surface area contributed by atoms with Gasteiger partial charge in [0.25, 0.3) is 0 Å². The zero-order valence-corrected chi connectivity index (χ0v) is 13.0. The maximum atomic E-state index is 11.9. The monoisotopic (exact) mass is 330 g/mol. The molecule has 0 unspecified atom stereocenters. The predicted molar refractivity (Wildman–Crippen MR) is 88.7 cm³/mol. The minimum absolute atomic E-state index is 0.0765. The van der Waals surface area contributed by atoms with E-state index in [9.17, 15) is 9.59 Å². The van der Waals surface area contributed by atoms with E-state index in [0.29, 0.717) is 29.1 Å². The van der Waals surface area contributed by atoms with Gasteiger partial charge in [0.2, 0.25) is 5.91 Å². The number of fused-ring (bicyclic) bond motifs is 1. The Morgan fingerprint density at radius 3 is 2.87 bits per heavy atom. The number of rotatable bonds is 5. The number of amides is 1. The van der Waals surface area contributed by atoms with Crippen molar-refractivity contribution in [3.8, 4) is 0 Å². The van der Waals surface area contributed by atoms with Gasteiger partial charge in [0, 0.05) is 11.6 Å². The molecule has 1 amide bonds. The summed E-state index contributed by atoms with van der Waals surface area (Å²) in [7, 11) is 0. The van der Waals surface area contributed by atoms with Crippen LogP contribution in [0.1, 0.15) is 11.1 Å². The second-order valence-electron chi connectivity index (χ2n) is 5.21. The van der Waals surface area contributed by atoms with E-state index < -0.39 is 5.76 Å². The van der Waals surface area contributed by atoms with Crippen LogP contribution in [0.25, 0.3) is 11.1 Å². The van der Waals surface area contributed by atoms with Crippen molar-refractivity contribution < 1.29 is 9.21 Å². The van der Waals surface area contributed by atoms with Crippen molar-refractivity contribution in [1.82, 2.24) is 10.3 Å². The van der Waals surface area contributed by atoms with Crippen molar-refractivity contribution >= 4 is 28.6 Å². The molecular weight excluding hydrogens is 316 g/mol. The third-order valence-electron chi connectivity index (χ3n) is 3.53. The van der Waals surface area contributed by atoms with Gasteiger partial charge in [-0.05, 0) is 35.7 Å². The molecule has 0 aliphatic heterocycles. The number of aromatic amines is 1. The van der Waals surface area contributed by atoms with Crippen LogP contribution in [0.3, 0.4) is 0 Å². The number of oxazole rings is 1. The third-order valence-corrected chi connectivity index (χ3v) is 3.90. The van der Waals surface area contributed by atoms with Crippen LogP contribution in [-0.2, 0) is 17.6 Å². The van der Waals surface area contributed by atoms with Gasteiger partial charge in [-0.25, -0.2) is 4.79 Å². The lowest BCUT2D eigenvalue weighted by Crippen LogP contribution is -2.27. The standard InChI is InChI=1S/C17H15ClN2O3/c18-13-4-2-1-3-12(13)10-16(21)19-8-7-11-5-6-14-15(9-11)23-17(22)20-14/h1-6,9H,7-8,10H2,(H,19,21)(H,20,22). The first-order chi connectivity index (χ1) is 11.1. The van der Waals surface area contributed by atoms with Gasteiger partial charge < -0.3 is 9.73 Å². The quantitative estimate of drug-likeness (QED) is 0.755. The number of H-pyrrole nitrogens is 1. The summed E-state index contributed by atoms with van der Waals surface area (Å²) in [4.78, 5) is 25.6. The zero-order valence-electron chi connectivity index (χ0n) is 12.3. The summed E-state index contributed by atoms with van der Waals surface area (Å²) in [6.07, 6.45) is 0.907. The Morgan fingerprint density at radius 1 is 1.22 bits per heavy atom. The number of hydrogen-bond donors (Lipinski definition) is 2. The van der Waals surface area contributed by atoms with Gasteiger partial charge in [0.05, 0.1) is 11.9 Å². The van der Waals surface area contributed by atoms with E-state index in [2.05, 4.69) is 10.3 Å². The first-order valence-corrected chi connectivity index (χ1v) is 7.61. The Labute approximate surface area is 137 Å². The zero-order chi connectivity index (χ0) is 16.2. The summed E-state index contributed by atoms with van der Waals surface area (Å²) in [5, 5.41) is 3.46. The molecule has 0 spiro atoms. The molecule has 0 fully saturated rings. The van der Waals surface area contributed by atoms with Crippen LogP contribution in [0.4, 0.5) is 0 Å². The number of carbonyl (C=O) groups excluding carboxylic acids is 1. The molecule has 0 saturated heterocycles. The minimum Gasteiger partial charge on any atom is -0.408 e. The normalized spacial score (nSPS) is 10.8. The van der Waals surface area contributed by atoms with Gasteiger partial charge in [-0.2, -0.15) is 0 Å². The maximum absolute atomic E-state index is 11.9. The first kappa shape index (κ1) is 15.4. The predicted octanol–water partition coefficient (Wildman–Crippen LogP) is 2.68. The molecule has 2 aromatic carbocycles. The molecule has 0 atom stereocenters. The van der Waals surface area contributed by atoms with Crippen molar-refractivity contribution in [2.75, 3.05) is 6.54 Å². The van der Waals surface area contributed by atoms with E-state index in [1.54, 1.807) is 18.2 Å². The Hall–Kier alpha value is -2.53. The largest absolute Gasteiger partial charge is 0.417 e. The van der Waals surface area contributed by atoms with Crippen molar-refractivity contribution in [2.45, 2.75) is 12.8 Å². The van der Waals surface area contributed by atoms with Crippen molar-refractivity contribution in [3.05, 3.63) is 69.2 Å². The molecule has 3 aromatic rings. The number of nitrogens with one attached hydrogen (secondary N) is 2. The van der Waals surface area contributed by atoms with E-state index >= 15 is 0 Å². The number of benzene rings is 2. The second kappa shape index (κ2) is 6.71. The van der Waals surface area contributed by atoms with Crippen LogP contribution in [0.2, 0.25) is 5.02 Å². The van der Waals surface area contributed by atoms with E-state index in [-0.39, 0.29) is 12.3 Å². The number of halogens is 1. The van der Waals surface area contributed by atoms with Gasteiger partial charge in [-0.3, -0.25) is 9.78 Å². The molecule has 0 bridgehead atoms. The fraction of sp³-hybridized carbons (Fsp3) is 0.176. The third kappa shape index (κ3) is 3.81. The molecule has 1 heterocycles. The average Bonchev–Trinajstić information content (AvgIpc) is 2.89. The fourth-order valence-corrected chi connectivity index (χ4v) is 2.57. The Bertz CT molecular complexity index is 898. The lowest BCUT2D eigenvalue weighted by molar-refractivity contribution is -0.120. The second-order valence-corrected chi connectivity index (χ2v) is 5.62. The number of carbonyl (C=O) groups is 1. The molecular formula is C17H15ClN2O3. The van der Waals surface area contributed by atoms with Gasteiger partial charge in [0.15, 0.2) is 5.58 Å². The summed E-state index contributed by atoms with van der Waals surface area (Å²) in [6.45, 7) is 0.503. The molecule has 6 heteroatoms. The number of aromatic nitrogens is 1. The van der Waals surface area contributed by atoms with Crippen LogP contribution >= 0.6 is 11.6 Å². The van der Waals surface area contributed by atoms with Gasteiger partial charge in [-0.1, -0.05) is 35.9 Å². The Balaban J connectivity index is 1.54. The molecule has 0 saturated carbocycles. The Morgan fingerprint density at radius 2 is 2.04 bits per heavy atom. The highest BCUT2D eigenvalue weighted by Crippen LogP contribution is 2.15. The summed E-state index contributed by atoms with van der Waals surface area (Å²) in [5.74, 6) is -0.544. The molecule has 5 nitrogen and oxygen atoms in total. The van der Waals surface area contributed by atoms with Crippen LogP contribution in [0.15, 0.2) is 51.7 Å². The van der Waals surface area contributed by atoms with Crippen molar-refractivity contribution in [2.24, 2.45) is 0 Å². The first-order valence-electron chi connectivity index (χ1n) is 7.24. The van der Waals surface area contributed by atoms with Crippen LogP contribution in [0.5, 0.6) is 0 Å². The molecule has 0 radical (unpaired) electrons. The van der Waals surface area contributed by atoms with E-state index in [4.69, 9.17) is 16.0 Å². The lowest BCUT2D eigenvalue weighted by atomic mass is 10.1. The molecule has 0 aliphatic carbocycles. The summed E-state index contributed by atoms with van der Waals surface area (Å²) < 4.78 is 5.02. The van der Waals surface area contributed by atoms with E-state index in [1.807, 2.05) is 24.3 Å². The molecule has 1 aromatic heterocycles. The van der Waals surface area contributed by atoms with Crippen LogP contribution in [0, 0.1) is 0 Å². The summed E-state index contributed by atoms with van der Waals surface area (Å²) in [6, 6.07) is 12.8. The molecule has 2 N–H and O–H groups in total. The van der Waals surface area contributed by atoms with Crippen molar-refractivity contribution in [1.29, 1.82) is 0 Å². The van der Waals surface area contributed by atoms with Gasteiger partial charge in [0.1, 0.15) is 0 Å². The highest BCUT2D eigenvalue weighted by molar-refractivity contribution is 6.31. The van der Waals surface area contributed by atoms with Gasteiger partial charge in [-0.15, -0.1) is 0 Å². The average molecular weight is 331 g/mol. The topological polar surface area (TPSA) is 75.1 Å². The minimum atomic E-state index is -0.467. The Kier molecular flexibility index (Phi) is 4.48. The fourth-order valence-electron chi connectivity index (χ4n) is 2.37. The molecule has 118 valence electrons. The SMILES string of the molecule is O=C(Cc1ccccc1Cl)NCCc1ccc2[nH]c(=O)oc2c1. The summed E-state index contributed by atoms with van der Waals surface area (Å²) in [5.41, 5.74) is 2.98. The van der Waals surface area contributed by atoms with Gasteiger partial charge >= 0.3 is 5.76 Å². The van der Waals surface area contributed by atoms with Crippen LogP contribution in [-0.4, -0.2) is 17.4 Å². The van der Waals surface area contributed by atoms with E-state index in [0.717, 1.165) is 11.1 Å². The molecule has 23 heavy (non-hydrogen) atoms. The highest BCUT2D eigenvalue weighted by atomic mass is 35.5. The smallest absolute Gasteiger partial charge is 0.408 e. The highest BCUT2D eigenvalue weighted by Gasteiger charge is 2.07. The van der Waals surface area contributed by atoms with Crippen molar-refractivity contribution in [3.63, 3.8) is 0 Å². The van der Waals surface area contributed by atoms with E-state index in [1.165, 1.54) is 0 Å². The summed E-state index contributed by atoms with van der Waals surface area (Å²) >= 11 is 6.04. The van der Waals surface area contributed by atoms with Crippen LogP contribution < -0.4 is 11.1 Å². The maximum Gasteiger partial charge on any atom is 0.417 e. The molecule has 0 aliphatic rings. The number of hydrogen-bond acceptors (Lipinski definition) is 3. The molecule has 3 rings (SSSR count). The lowest BCUT2D eigenvalue weighted by Gasteiger charge is -2.06.